The van der Waals surface area contributed by atoms with Crippen molar-refractivity contribution < 1.29 is 4.42 Å². The normalized spacial score (nSPS) is 12.7. The molecule has 1 atom stereocenters. The third-order valence-electron chi connectivity index (χ3n) is 3.57. The molecule has 3 nitrogen and oxygen atoms in total. The zero-order valence-corrected chi connectivity index (χ0v) is 11.8. The average Bonchev–Trinajstić information content (AvgIpc) is 2.80. The molecule has 3 aromatic rings. The molecule has 0 saturated carbocycles. The molecule has 0 fully saturated rings. The molecule has 2 N–H and O–H groups in total. The van der Waals surface area contributed by atoms with E-state index >= 15 is 0 Å². The van der Waals surface area contributed by atoms with Crippen LogP contribution in [0.1, 0.15) is 29.9 Å². The standard InChI is InChI=1S/C17H18N2O/c1-11-3-8-16-15(9-11)19-17(20-16)10-12(2)13-4-6-14(18)7-5-13/h3-9,12H,10,18H2,1-2H3. The Morgan fingerprint density at radius 1 is 1.15 bits per heavy atom. The van der Waals surface area contributed by atoms with E-state index in [1.165, 1.54) is 11.1 Å². The first-order valence-electron chi connectivity index (χ1n) is 6.83. The van der Waals surface area contributed by atoms with E-state index in [1.807, 2.05) is 24.3 Å². The Balaban J connectivity index is 1.83. The quantitative estimate of drug-likeness (QED) is 0.727. The number of nitrogen functional groups attached to an aromatic ring is 1. The summed E-state index contributed by atoms with van der Waals surface area (Å²) in [6.07, 6.45) is 0.789. The number of benzene rings is 2. The third kappa shape index (κ3) is 2.52. The van der Waals surface area contributed by atoms with Gasteiger partial charge in [-0.3, -0.25) is 0 Å². The van der Waals surface area contributed by atoms with Crippen molar-refractivity contribution in [3.63, 3.8) is 0 Å². The summed E-state index contributed by atoms with van der Waals surface area (Å²) in [6, 6.07) is 14.1. The number of hydrogen-bond acceptors (Lipinski definition) is 3. The van der Waals surface area contributed by atoms with Gasteiger partial charge in [0, 0.05) is 12.1 Å². The summed E-state index contributed by atoms with van der Waals surface area (Å²) >= 11 is 0. The molecule has 0 aliphatic heterocycles. The number of fused-ring (bicyclic) bond motifs is 1. The van der Waals surface area contributed by atoms with Crippen LogP contribution in [0, 0.1) is 6.92 Å². The molecular formula is C17H18N2O. The highest BCUT2D eigenvalue weighted by Gasteiger charge is 2.12. The van der Waals surface area contributed by atoms with E-state index in [0.29, 0.717) is 5.92 Å². The second-order valence-electron chi connectivity index (χ2n) is 5.35. The summed E-state index contributed by atoms with van der Waals surface area (Å²) in [5, 5.41) is 0. The zero-order chi connectivity index (χ0) is 14.1. The van der Waals surface area contributed by atoms with Crippen LogP contribution in [0.15, 0.2) is 46.9 Å². The molecule has 0 spiro atoms. The Hall–Kier alpha value is -2.29. The maximum atomic E-state index is 5.80. The lowest BCUT2D eigenvalue weighted by atomic mass is 9.98. The van der Waals surface area contributed by atoms with Crippen LogP contribution < -0.4 is 5.73 Å². The van der Waals surface area contributed by atoms with Crippen molar-refractivity contribution in [3.8, 4) is 0 Å². The highest BCUT2D eigenvalue weighted by Crippen LogP contribution is 2.24. The maximum Gasteiger partial charge on any atom is 0.196 e. The molecule has 2 aromatic carbocycles. The van der Waals surface area contributed by atoms with Gasteiger partial charge in [-0.1, -0.05) is 25.1 Å². The van der Waals surface area contributed by atoms with E-state index in [2.05, 4.69) is 37.0 Å². The van der Waals surface area contributed by atoms with Crippen molar-refractivity contribution in [3.05, 3.63) is 59.5 Å². The minimum absolute atomic E-state index is 0.352. The van der Waals surface area contributed by atoms with Gasteiger partial charge in [-0.05, 0) is 48.2 Å². The molecule has 0 bridgehead atoms. The summed E-state index contributed by atoms with van der Waals surface area (Å²) in [4.78, 5) is 4.57. The average molecular weight is 266 g/mol. The Labute approximate surface area is 118 Å². The molecule has 20 heavy (non-hydrogen) atoms. The predicted molar refractivity (Wildman–Crippen MR) is 81.7 cm³/mol. The lowest BCUT2D eigenvalue weighted by molar-refractivity contribution is 0.508. The first kappa shape index (κ1) is 12.7. The first-order valence-corrected chi connectivity index (χ1v) is 6.83. The Kier molecular flexibility index (Phi) is 3.18. The molecular weight excluding hydrogens is 248 g/mol. The van der Waals surface area contributed by atoms with Crippen LogP contribution in [0.3, 0.4) is 0 Å². The molecule has 3 heteroatoms. The summed E-state index contributed by atoms with van der Waals surface area (Å²) in [6.45, 7) is 4.23. The summed E-state index contributed by atoms with van der Waals surface area (Å²) < 4.78 is 5.80. The van der Waals surface area contributed by atoms with Crippen LogP contribution in [-0.2, 0) is 6.42 Å². The van der Waals surface area contributed by atoms with E-state index in [-0.39, 0.29) is 0 Å². The number of anilines is 1. The number of hydrogen-bond donors (Lipinski definition) is 1. The number of nitrogens with zero attached hydrogens (tertiary/aromatic N) is 1. The smallest absolute Gasteiger partial charge is 0.196 e. The second-order valence-corrected chi connectivity index (χ2v) is 5.35. The van der Waals surface area contributed by atoms with Crippen molar-refractivity contribution in [2.45, 2.75) is 26.2 Å². The monoisotopic (exact) mass is 266 g/mol. The Bertz CT molecular complexity index is 728. The number of rotatable bonds is 3. The van der Waals surface area contributed by atoms with Gasteiger partial charge in [0.15, 0.2) is 11.5 Å². The molecule has 0 saturated heterocycles. The van der Waals surface area contributed by atoms with Crippen LogP contribution in [0.5, 0.6) is 0 Å². The maximum absolute atomic E-state index is 5.80. The number of nitrogens with two attached hydrogens (primary N) is 1. The molecule has 0 aliphatic rings. The van der Waals surface area contributed by atoms with Gasteiger partial charge < -0.3 is 10.2 Å². The Morgan fingerprint density at radius 3 is 2.65 bits per heavy atom. The van der Waals surface area contributed by atoms with Crippen LogP contribution in [0.2, 0.25) is 0 Å². The van der Waals surface area contributed by atoms with Gasteiger partial charge in [0.1, 0.15) is 5.52 Å². The molecule has 1 unspecified atom stereocenters. The van der Waals surface area contributed by atoms with Crippen molar-refractivity contribution in [2.75, 3.05) is 5.73 Å². The summed E-state index contributed by atoms with van der Waals surface area (Å²) in [7, 11) is 0. The molecule has 0 aliphatic carbocycles. The Morgan fingerprint density at radius 2 is 1.90 bits per heavy atom. The third-order valence-corrected chi connectivity index (χ3v) is 3.57. The highest BCUT2D eigenvalue weighted by molar-refractivity contribution is 5.73. The van der Waals surface area contributed by atoms with E-state index in [1.54, 1.807) is 0 Å². The van der Waals surface area contributed by atoms with Gasteiger partial charge in [0.05, 0.1) is 0 Å². The molecule has 1 aromatic heterocycles. The molecule has 3 rings (SSSR count). The van der Waals surface area contributed by atoms with Crippen molar-refractivity contribution in [1.29, 1.82) is 0 Å². The number of aromatic nitrogens is 1. The minimum Gasteiger partial charge on any atom is -0.441 e. The predicted octanol–water partition coefficient (Wildman–Crippen LogP) is 4.06. The van der Waals surface area contributed by atoms with Crippen molar-refractivity contribution >= 4 is 16.8 Å². The van der Waals surface area contributed by atoms with Gasteiger partial charge in [-0.2, -0.15) is 0 Å². The number of oxazole rings is 1. The van der Waals surface area contributed by atoms with E-state index < -0.39 is 0 Å². The molecule has 1 heterocycles. The van der Waals surface area contributed by atoms with Crippen LogP contribution in [0.25, 0.3) is 11.1 Å². The van der Waals surface area contributed by atoms with Crippen LogP contribution in [0.4, 0.5) is 5.69 Å². The fourth-order valence-electron chi connectivity index (χ4n) is 2.38. The minimum atomic E-state index is 0.352. The van der Waals surface area contributed by atoms with E-state index in [9.17, 15) is 0 Å². The summed E-state index contributed by atoms with van der Waals surface area (Å²) in [5.41, 5.74) is 10.7. The molecule has 0 radical (unpaired) electrons. The van der Waals surface area contributed by atoms with Gasteiger partial charge in [-0.25, -0.2) is 4.98 Å². The highest BCUT2D eigenvalue weighted by atomic mass is 16.3. The lowest BCUT2D eigenvalue weighted by Gasteiger charge is -2.09. The fourth-order valence-corrected chi connectivity index (χ4v) is 2.38. The van der Waals surface area contributed by atoms with Crippen LogP contribution >= 0.6 is 0 Å². The van der Waals surface area contributed by atoms with Crippen molar-refractivity contribution in [1.82, 2.24) is 4.98 Å². The zero-order valence-electron chi connectivity index (χ0n) is 11.8. The first-order chi connectivity index (χ1) is 9.61. The fraction of sp³-hybridized carbons (Fsp3) is 0.235. The van der Waals surface area contributed by atoms with Crippen LogP contribution in [-0.4, -0.2) is 4.98 Å². The molecule has 102 valence electrons. The lowest BCUT2D eigenvalue weighted by Crippen LogP contribution is -1.99. The van der Waals surface area contributed by atoms with Gasteiger partial charge >= 0.3 is 0 Å². The topological polar surface area (TPSA) is 52.0 Å². The van der Waals surface area contributed by atoms with Gasteiger partial charge in [-0.15, -0.1) is 0 Å². The van der Waals surface area contributed by atoms with E-state index in [0.717, 1.165) is 29.1 Å². The largest absolute Gasteiger partial charge is 0.441 e. The number of aryl methyl sites for hydroxylation is 1. The van der Waals surface area contributed by atoms with Crippen molar-refractivity contribution in [2.24, 2.45) is 0 Å². The van der Waals surface area contributed by atoms with E-state index in [4.69, 9.17) is 10.2 Å². The second kappa shape index (κ2) is 5.00. The van der Waals surface area contributed by atoms with Gasteiger partial charge in [0.2, 0.25) is 0 Å². The molecule has 0 amide bonds. The SMILES string of the molecule is Cc1ccc2oc(CC(C)c3ccc(N)cc3)nc2c1. The summed E-state index contributed by atoms with van der Waals surface area (Å²) in [5.74, 6) is 1.14. The van der Waals surface area contributed by atoms with Gasteiger partial charge in [0.25, 0.3) is 0 Å².